The summed E-state index contributed by atoms with van der Waals surface area (Å²) in [6.45, 7) is 0.214. The highest BCUT2D eigenvalue weighted by Crippen LogP contribution is 2.55. The third-order valence-corrected chi connectivity index (χ3v) is 9.01. The van der Waals surface area contributed by atoms with Gasteiger partial charge in [0.25, 0.3) is 11.8 Å². The van der Waals surface area contributed by atoms with E-state index in [1.807, 2.05) is 18.3 Å². The molecule has 3 aromatic rings. The van der Waals surface area contributed by atoms with Crippen molar-refractivity contribution in [2.45, 2.75) is 49.7 Å². The highest BCUT2D eigenvalue weighted by atomic mass is 35.5. The van der Waals surface area contributed by atoms with Crippen molar-refractivity contribution in [2.75, 3.05) is 19.7 Å². The van der Waals surface area contributed by atoms with E-state index < -0.39 is 29.8 Å². The summed E-state index contributed by atoms with van der Waals surface area (Å²) in [5.41, 5.74) is 1.43. The van der Waals surface area contributed by atoms with Gasteiger partial charge in [-0.25, -0.2) is 13.5 Å². The third-order valence-electron chi connectivity index (χ3n) is 8.76. The quantitative estimate of drug-likeness (QED) is 0.474. The van der Waals surface area contributed by atoms with Crippen molar-refractivity contribution in [3.63, 3.8) is 0 Å². The minimum absolute atomic E-state index is 0.0784. The number of carbonyl (C=O) groups excluding carboxylic acids is 3. The summed E-state index contributed by atoms with van der Waals surface area (Å²) in [7, 11) is 0. The van der Waals surface area contributed by atoms with Crippen molar-refractivity contribution >= 4 is 29.3 Å². The number of hydrogen-bond donors (Lipinski definition) is 1. The van der Waals surface area contributed by atoms with Gasteiger partial charge in [-0.2, -0.15) is 5.10 Å². The van der Waals surface area contributed by atoms with Crippen LogP contribution in [-0.2, 0) is 28.1 Å². The van der Waals surface area contributed by atoms with Crippen molar-refractivity contribution < 1.29 is 27.9 Å². The smallest absolute Gasteiger partial charge is 0.273 e. The second-order valence-corrected chi connectivity index (χ2v) is 11.6. The van der Waals surface area contributed by atoms with Gasteiger partial charge in [0.15, 0.2) is 0 Å². The topological polar surface area (TPSA) is 96.8 Å². The fourth-order valence-electron chi connectivity index (χ4n) is 6.55. The molecule has 4 aliphatic rings. The molecule has 9 nitrogen and oxygen atoms in total. The van der Waals surface area contributed by atoms with Gasteiger partial charge in [-0.05, 0) is 49.7 Å². The second-order valence-electron chi connectivity index (χ2n) is 11.2. The summed E-state index contributed by atoms with van der Waals surface area (Å²) >= 11 is 5.97. The molecule has 2 atom stereocenters. The van der Waals surface area contributed by atoms with E-state index >= 15 is 8.78 Å². The van der Waals surface area contributed by atoms with Gasteiger partial charge in [0.2, 0.25) is 11.8 Å². The Morgan fingerprint density at radius 3 is 2.68 bits per heavy atom. The fraction of sp³-hybridized carbons (Fsp3) is 0.379. The molecular weight excluding hydrogens is 556 g/mol. The largest absolute Gasteiger partial charge is 0.492 e. The summed E-state index contributed by atoms with van der Waals surface area (Å²) < 4.78 is 39.8. The number of hydrogen-bond acceptors (Lipinski definition) is 6. The van der Waals surface area contributed by atoms with E-state index in [1.54, 1.807) is 40.0 Å². The number of alkyl halides is 2. The number of carbonyl (C=O) groups is 3. The number of likely N-dealkylation sites (tertiary alicyclic amines) is 1. The second kappa shape index (κ2) is 9.35. The average Bonchev–Trinajstić information content (AvgIpc) is 3.64. The van der Waals surface area contributed by atoms with Crippen molar-refractivity contribution in [2.24, 2.45) is 0 Å². The Bertz CT molecular complexity index is 1590. The van der Waals surface area contributed by atoms with Crippen LogP contribution in [0.4, 0.5) is 8.78 Å². The Morgan fingerprint density at radius 2 is 1.93 bits per heavy atom. The molecule has 1 N–H and O–H groups in total. The van der Waals surface area contributed by atoms with Crippen LogP contribution < -0.4 is 10.1 Å². The maximum Gasteiger partial charge on any atom is 0.273 e. The van der Waals surface area contributed by atoms with E-state index in [2.05, 4.69) is 10.4 Å². The molecule has 3 amide bonds. The summed E-state index contributed by atoms with van der Waals surface area (Å²) in [6, 6.07) is 9.59. The number of piperidine rings is 2. The van der Waals surface area contributed by atoms with E-state index in [0.717, 1.165) is 11.3 Å². The normalized spacial score (nSPS) is 25.3. The Balaban J connectivity index is 1.10. The van der Waals surface area contributed by atoms with E-state index in [1.165, 1.54) is 4.90 Å². The van der Waals surface area contributed by atoms with Crippen LogP contribution in [0, 0.1) is 0 Å². The van der Waals surface area contributed by atoms with Crippen LogP contribution in [0.2, 0.25) is 5.02 Å². The van der Waals surface area contributed by atoms with Crippen LogP contribution in [0.5, 0.6) is 5.75 Å². The first-order chi connectivity index (χ1) is 19.6. The Labute approximate surface area is 239 Å². The Hall–Kier alpha value is -3.83. The van der Waals surface area contributed by atoms with Crippen LogP contribution >= 0.6 is 11.6 Å². The number of nitrogens with zero attached hydrogens (tertiary/aromatic N) is 4. The molecule has 212 valence electrons. The van der Waals surface area contributed by atoms with Crippen LogP contribution in [0.3, 0.4) is 0 Å². The lowest BCUT2D eigenvalue weighted by Gasteiger charge is -2.44. The van der Waals surface area contributed by atoms with Gasteiger partial charge in [0.05, 0.1) is 30.4 Å². The SMILES string of the molecule is O=C1CC[C@H](N2Cc3c(ccc4c3OCC43CCN(Cc4cnn(-c5ccc(Cl)cc5)c4)CC3(F)F)C2=O)C(=O)N1. The zero-order valence-electron chi connectivity index (χ0n) is 21.9. The number of benzene rings is 2. The highest BCUT2D eigenvalue weighted by Gasteiger charge is 2.62. The van der Waals surface area contributed by atoms with Crippen molar-refractivity contribution in [3.05, 3.63) is 76.1 Å². The summed E-state index contributed by atoms with van der Waals surface area (Å²) in [6.07, 6.45) is 4.05. The molecule has 2 fully saturated rings. The van der Waals surface area contributed by atoms with Crippen LogP contribution in [-0.4, -0.2) is 69.0 Å². The number of ether oxygens (including phenoxy) is 1. The number of aromatic nitrogens is 2. The zero-order valence-corrected chi connectivity index (χ0v) is 22.7. The summed E-state index contributed by atoms with van der Waals surface area (Å²) in [5.74, 6) is -4.02. The van der Waals surface area contributed by atoms with Gasteiger partial charge in [-0.3, -0.25) is 24.6 Å². The first-order valence-corrected chi connectivity index (χ1v) is 13.9. The first kappa shape index (κ1) is 26.1. The predicted molar refractivity (Wildman–Crippen MR) is 143 cm³/mol. The number of amides is 3. The van der Waals surface area contributed by atoms with Gasteiger partial charge >= 0.3 is 0 Å². The number of nitrogens with one attached hydrogen (secondary N) is 1. The number of fused-ring (bicyclic) bond motifs is 4. The van der Waals surface area contributed by atoms with Crippen molar-refractivity contribution in [1.29, 1.82) is 0 Å². The molecule has 0 bridgehead atoms. The van der Waals surface area contributed by atoms with E-state index in [4.69, 9.17) is 16.3 Å². The lowest BCUT2D eigenvalue weighted by Crippen LogP contribution is -2.58. The molecule has 2 saturated heterocycles. The molecule has 2 aromatic carbocycles. The lowest BCUT2D eigenvalue weighted by atomic mass is 9.71. The zero-order chi connectivity index (χ0) is 28.5. The van der Waals surface area contributed by atoms with Crippen molar-refractivity contribution in [1.82, 2.24) is 24.9 Å². The van der Waals surface area contributed by atoms with Gasteiger partial charge in [0, 0.05) is 46.4 Å². The number of imide groups is 1. The first-order valence-electron chi connectivity index (χ1n) is 13.5. The van der Waals surface area contributed by atoms with Gasteiger partial charge < -0.3 is 9.64 Å². The molecule has 0 aliphatic carbocycles. The molecular formula is C29H26ClF2N5O4. The number of rotatable bonds is 4. The monoisotopic (exact) mass is 581 g/mol. The summed E-state index contributed by atoms with van der Waals surface area (Å²) in [5, 5.41) is 7.27. The van der Waals surface area contributed by atoms with Crippen LogP contribution in [0.1, 0.15) is 46.3 Å². The molecule has 4 aliphatic heterocycles. The molecule has 7 rings (SSSR count). The Morgan fingerprint density at radius 1 is 1.12 bits per heavy atom. The van der Waals surface area contributed by atoms with Crippen LogP contribution in [0.25, 0.3) is 5.69 Å². The third kappa shape index (κ3) is 4.13. The lowest BCUT2D eigenvalue weighted by molar-refractivity contribution is -0.137. The molecule has 12 heteroatoms. The summed E-state index contributed by atoms with van der Waals surface area (Å²) in [4.78, 5) is 40.3. The van der Waals surface area contributed by atoms with E-state index in [9.17, 15) is 14.4 Å². The maximum atomic E-state index is 16.1. The van der Waals surface area contributed by atoms with Gasteiger partial charge in [0.1, 0.15) is 18.4 Å². The van der Waals surface area contributed by atoms with E-state index in [0.29, 0.717) is 40.6 Å². The molecule has 0 saturated carbocycles. The number of halogens is 3. The molecule has 1 aromatic heterocycles. The molecule has 1 unspecified atom stereocenters. The molecule has 0 radical (unpaired) electrons. The van der Waals surface area contributed by atoms with Gasteiger partial charge in [-0.1, -0.05) is 17.7 Å². The standard InChI is InChI=1S/C29H26ClF2N5O4/c30-18-1-3-19(4-2-18)37-13-17(11-33-37)12-35-10-9-28(29(31,32)15-35)16-41-25-21-14-36(23-7-8-24(38)34-26(23)39)27(40)20(21)5-6-22(25)28/h1-6,11,13,23H,7-10,12,14-16H2,(H,34,38,39)/t23-,28?/m0/s1. The fourth-order valence-corrected chi connectivity index (χ4v) is 6.68. The average molecular weight is 582 g/mol. The van der Waals surface area contributed by atoms with Crippen molar-refractivity contribution in [3.8, 4) is 11.4 Å². The minimum Gasteiger partial charge on any atom is -0.492 e. The molecule has 1 spiro atoms. The molecule has 41 heavy (non-hydrogen) atoms. The molecule has 5 heterocycles. The minimum atomic E-state index is -3.09. The maximum absolute atomic E-state index is 16.1. The predicted octanol–water partition coefficient (Wildman–Crippen LogP) is 3.46. The Kier molecular flexibility index (Phi) is 5.95. The van der Waals surface area contributed by atoms with Gasteiger partial charge in [-0.15, -0.1) is 0 Å². The van der Waals surface area contributed by atoms with Crippen LogP contribution in [0.15, 0.2) is 48.8 Å². The highest BCUT2D eigenvalue weighted by molar-refractivity contribution is 6.30. The van der Waals surface area contributed by atoms with E-state index in [-0.39, 0.29) is 44.2 Å².